The molecule has 0 spiro atoms. The first-order chi connectivity index (χ1) is 16.0. The Morgan fingerprint density at radius 3 is 1.76 bits per heavy atom. The molecule has 0 heterocycles. The van der Waals surface area contributed by atoms with Gasteiger partial charge in [0.15, 0.2) is 17.3 Å². The van der Waals surface area contributed by atoms with Crippen molar-refractivity contribution >= 4 is 11.9 Å². The van der Waals surface area contributed by atoms with Crippen LogP contribution in [0.2, 0.25) is 0 Å². The molecule has 0 aliphatic heterocycles. The predicted molar refractivity (Wildman–Crippen MR) is 126 cm³/mol. The van der Waals surface area contributed by atoms with Crippen LogP contribution in [0, 0.1) is 0 Å². The van der Waals surface area contributed by atoms with Crippen molar-refractivity contribution in [1.82, 2.24) is 0 Å². The van der Waals surface area contributed by atoms with Gasteiger partial charge in [0.05, 0.1) is 41.1 Å². The van der Waals surface area contributed by atoms with Gasteiger partial charge >= 0.3 is 0 Å². The molecule has 0 saturated carbocycles. The van der Waals surface area contributed by atoms with Crippen LogP contribution < -0.4 is 28.4 Å². The minimum atomic E-state index is -0.226. The average molecular weight is 450 g/mol. The molecule has 0 saturated heterocycles. The molecule has 172 valence electrons. The van der Waals surface area contributed by atoms with E-state index in [9.17, 15) is 4.79 Å². The first-order valence-electron chi connectivity index (χ1n) is 10.0. The zero-order chi connectivity index (χ0) is 23.8. The lowest BCUT2D eigenvalue weighted by atomic mass is 10.1. The molecular formula is C26H26O7. The van der Waals surface area contributed by atoms with E-state index in [1.165, 1.54) is 27.4 Å². The van der Waals surface area contributed by atoms with Crippen molar-refractivity contribution in [3.8, 4) is 40.2 Å². The highest BCUT2D eigenvalue weighted by Crippen LogP contribution is 2.42. The van der Waals surface area contributed by atoms with Gasteiger partial charge in [0.1, 0.15) is 23.0 Å². The van der Waals surface area contributed by atoms with Crippen LogP contribution in [-0.2, 0) is 0 Å². The maximum Gasteiger partial charge on any atom is 0.203 e. The van der Waals surface area contributed by atoms with Crippen molar-refractivity contribution < 1.29 is 33.2 Å². The zero-order valence-corrected chi connectivity index (χ0v) is 19.2. The quantitative estimate of drug-likeness (QED) is 0.302. The number of methoxy groups -OCH3 is 5. The summed E-state index contributed by atoms with van der Waals surface area (Å²) in [6.45, 7) is 0. The highest BCUT2D eigenvalue weighted by atomic mass is 16.5. The van der Waals surface area contributed by atoms with E-state index in [0.29, 0.717) is 40.1 Å². The lowest BCUT2D eigenvalue weighted by molar-refractivity contribution is 0.104. The summed E-state index contributed by atoms with van der Waals surface area (Å²) in [7, 11) is 7.71. The van der Waals surface area contributed by atoms with Crippen molar-refractivity contribution in [2.45, 2.75) is 0 Å². The van der Waals surface area contributed by atoms with Gasteiger partial charge in [0.2, 0.25) is 5.75 Å². The monoisotopic (exact) mass is 450 g/mol. The molecule has 0 fully saturated rings. The topological polar surface area (TPSA) is 72.5 Å². The Morgan fingerprint density at radius 1 is 0.636 bits per heavy atom. The Hall–Kier alpha value is -4.13. The largest absolute Gasteiger partial charge is 0.497 e. The van der Waals surface area contributed by atoms with Crippen molar-refractivity contribution in [2.24, 2.45) is 0 Å². The summed E-state index contributed by atoms with van der Waals surface area (Å²) in [6.07, 6.45) is 3.22. The number of carbonyl (C=O) groups excluding carboxylic acids is 1. The van der Waals surface area contributed by atoms with Gasteiger partial charge in [-0.3, -0.25) is 4.79 Å². The molecule has 3 rings (SSSR count). The molecule has 0 aromatic heterocycles. The minimum absolute atomic E-state index is 0.226. The van der Waals surface area contributed by atoms with Gasteiger partial charge in [-0.05, 0) is 35.9 Å². The Kier molecular flexibility index (Phi) is 7.81. The first-order valence-corrected chi connectivity index (χ1v) is 10.0. The van der Waals surface area contributed by atoms with Crippen molar-refractivity contribution in [3.63, 3.8) is 0 Å². The Bertz CT molecular complexity index is 1110. The number of allylic oxidation sites excluding steroid dienone is 1. The second kappa shape index (κ2) is 10.9. The van der Waals surface area contributed by atoms with Gasteiger partial charge in [-0.1, -0.05) is 18.2 Å². The molecule has 0 aliphatic carbocycles. The lowest BCUT2D eigenvalue weighted by Crippen LogP contribution is -2.01. The highest BCUT2D eigenvalue weighted by Gasteiger charge is 2.17. The van der Waals surface area contributed by atoms with Crippen LogP contribution in [0.4, 0.5) is 0 Å². The van der Waals surface area contributed by atoms with E-state index in [-0.39, 0.29) is 5.78 Å². The molecule has 3 aromatic carbocycles. The van der Waals surface area contributed by atoms with Crippen molar-refractivity contribution in [1.29, 1.82) is 0 Å². The van der Waals surface area contributed by atoms with Gasteiger partial charge in [0.25, 0.3) is 0 Å². The predicted octanol–water partition coefficient (Wildman–Crippen LogP) is 5.42. The molecule has 0 amide bonds. The van der Waals surface area contributed by atoms with Gasteiger partial charge in [0, 0.05) is 18.2 Å². The molecule has 0 radical (unpaired) electrons. The lowest BCUT2D eigenvalue weighted by Gasteiger charge is -2.16. The van der Waals surface area contributed by atoms with E-state index in [2.05, 4.69) is 0 Å². The summed E-state index contributed by atoms with van der Waals surface area (Å²) >= 11 is 0. The molecule has 3 aromatic rings. The molecule has 7 nitrogen and oxygen atoms in total. The van der Waals surface area contributed by atoms with Crippen LogP contribution in [0.15, 0.2) is 60.7 Å². The minimum Gasteiger partial charge on any atom is -0.497 e. The number of rotatable bonds is 10. The smallest absolute Gasteiger partial charge is 0.203 e. The summed E-state index contributed by atoms with van der Waals surface area (Å²) in [5.41, 5.74) is 1.24. The third-order valence-electron chi connectivity index (χ3n) is 4.86. The van der Waals surface area contributed by atoms with Crippen LogP contribution in [-0.4, -0.2) is 41.3 Å². The average Bonchev–Trinajstić information content (AvgIpc) is 2.86. The third kappa shape index (κ3) is 5.57. The Balaban J connectivity index is 1.94. The van der Waals surface area contributed by atoms with Gasteiger partial charge in [-0.15, -0.1) is 0 Å². The number of ether oxygens (including phenoxy) is 6. The van der Waals surface area contributed by atoms with E-state index >= 15 is 0 Å². The highest BCUT2D eigenvalue weighted by molar-refractivity contribution is 6.08. The number of ketones is 1. The summed E-state index contributed by atoms with van der Waals surface area (Å²) < 4.78 is 32.7. The maximum atomic E-state index is 13.0. The molecular weight excluding hydrogens is 424 g/mol. The number of benzene rings is 3. The molecule has 0 unspecified atom stereocenters. The normalized spacial score (nSPS) is 10.6. The van der Waals surface area contributed by atoms with Crippen LogP contribution >= 0.6 is 0 Å². The van der Waals surface area contributed by atoms with E-state index in [1.54, 1.807) is 50.6 Å². The van der Waals surface area contributed by atoms with Gasteiger partial charge < -0.3 is 28.4 Å². The summed E-state index contributed by atoms with van der Waals surface area (Å²) in [6, 6.07) is 15.7. The van der Waals surface area contributed by atoms with E-state index in [1.807, 2.05) is 24.3 Å². The maximum absolute atomic E-state index is 13.0. The fraction of sp³-hybridized carbons (Fsp3) is 0.192. The summed E-state index contributed by atoms with van der Waals surface area (Å²) in [5, 5.41) is 0. The zero-order valence-electron chi connectivity index (χ0n) is 19.2. The first kappa shape index (κ1) is 23.5. The standard InChI is InChI=1S/C26H26O7/c1-28-18-9-6-17(7-10-18)8-13-22(27)21-12-11-19(29-2)14-23(21)33-20-15-24(30-3)26(32-5)25(16-20)31-4/h6-16H,1-5H3. The number of hydrogen-bond donors (Lipinski definition) is 0. The van der Waals surface area contributed by atoms with Crippen molar-refractivity contribution in [2.75, 3.05) is 35.5 Å². The third-order valence-corrected chi connectivity index (χ3v) is 4.86. The number of carbonyl (C=O) groups is 1. The molecule has 7 heteroatoms. The molecule has 0 atom stereocenters. The van der Waals surface area contributed by atoms with Crippen LogP contribution in [0.5, 0.6) is 40.2 Å². The van der Waals surface area contributed by atoms with Crippen molar-refractivity contribution in [3.05, 3.63) is 71.8 Å². The molecule has 0 aliphatic rings. The summed E-state index contributed by atoms with van der Waals surface area (Å²) in [5.74, 6) is 3.11. The summed E-state index contributed by atoms with van der Waals surface area (Å²) in [4.78, 5) is 13.0. The second-order valence-corrected chi connectivity index (χ2v) is 6.80. The van der Waals surface area contributed by atoms with Crippen LogP contribution in [0.1, 0.15) is 15.9 Å². The van der Waals surface area contributed by atoms with Crippen LogP contribution in [0.3, 0.4) is 0 Å². The molecule has 0 N–H and O–H groups in total. The fourth-order valence-electron chi connectivity index (χ4n) is 3.14. The fourth-order valence-corrected chi connectivity index (χ4v) is 3.14. The van der Waals surface area contributed by atoms with E-state index in [4.69, 9.17) is 28.4 Å². The molecule has 33 heavy (non-hydrogen) atoms. The van der Waals surface area contributed by atoms with E-state index < -0.39 is 0 Å². The van der Waals surface area contributed by atoms with Gasteiger partial charge in [-0.2, -0.15) is 0 Å². The number of hydrogen-bond acceptors (Lipinski definition) is 7. The van der Waals surface area contributed by atoms with Crippen LogP contribution in [0.25, 0.3) is 6.08 Å². The Morgan fingerprint density at radius 2 is 1.21 bits per heavy atom. The second-order valence-electron chi connectivity index (χ2n) is 6.80. The SMILES string of the molecule is COc1ccc(C=CC(=O)c2ccc(OC)cc2Oc2cc(OC)c(OC)c(OC)c2)cc1. The van der Waals surface area contributed by atoms with E-state index in [0.717, 1.165) is 11.3 Å². The van der Waals surface area contributed by atoms with Gasteiger partial charge in [-0.25, -0.2) is 0 Å². The Labute approximate surface area is 193 Å². The molecule has 0 bridgehead atoms.